The number of anilines is 1. The average Bonchev–Trinajstić information content (AvgIpc) is 2.71. The van der Waals surface area contributed by atoms with Crippen molar-refractivity contribution in [1.29, 1.82) is 0 Å². The van der Waals surface area contributed by atoms with Crippen LogP contribution < -0.4 is 5.32 Å². The molecule has 0 aliphatic carbocycles. The number of hydrogen-bond donors (Lipinski definition) is 1. The van der Waals surface area contributed by atoms with E-state index in [-0.39, 0.29) is 24.2 Å². The van der Waals surface area contributed by atoms with E-state index in [1.165, 1.54) is 0 Å². The van der Waals surface area contributed by atoms with E-state index in [1.807, 2.05) is 44.2 Å². The molecule has 0 saturated carbocycles. The van der Waals surface area contributed by atoms with E-state index < -0.39 is 5.97 Å². The third kappa shape index (κ3) is 5.29. The molecule has 0 spiro atoms. The average molecular weight is 389 g/mol. The van der Waals surface area contributed by atoms with E-state index in [9.17, 15) is 14.4 Å². The predicted octanol–water partition coefficient (Wildman–Crippen LogP) is 4.86. The number of carbonyl (C=O) groups is 3. The number of rotatable bonds is 7. The van der Waals surface area contributed by atoms with Crippen molar-refractivity contribution in [3.63, 3.8) is 0 Å². The lowest BCUT2D eigenvalue weighted by Crippen LogP contribution is -2.15. The van der Waals surface area contributed by atoms with Crippen molar-refractivity contribution < 1.29 is 19.1 Å². The molecular weight excluding hydrogens is 366 g/mol. The number of nitrogens with one attached hydrogen (secondary N) is 1. The van der Waals surface area contributed by atoms with Crippen LogP contribution in [0.3, 0.4) is 0 Å². The summed E-state index contributed by atoms with van der Waals surface area (Å²) >= 11 is 0. The van der Waals surface area contributed by atoms with E-state index in [1.54, 1.807) is 36.4 Å². The lowest BCUT2D eigenvalue weighted by atomic mass is 10.0. The van der Waals surface area contributed by atoms with Gasteiger partial charge in [0.05, 0.1) is 5.56 Å². The van der Waals surface area contributed by atoms with E-state index in [4.69, 9.17) is 4.74 Å². The number of fused-ring (bicyclic) bond motifs is 1. The fraction of sp³-hybridized carbons (Fsp3) is 0.208. The van der Waals surface area contributed by atoms with Crippen molar-refractivity contribution in [1.82, 2.24) is 0 Å². The first-order chi connectivity index (χ1) is 13.9. The first-order valence-electron chi connectivity index (χ1n) is 9.52. The quantitative estimate of drug-likeness (QED) is 0.462. The van der Waals surface area contributed by atoms with Crippen molar-refractivity contribution in [2.45, 2.75) is 20.3 Å². The molecule has 0 saturated heterocycles. The van der Waals surface area contributed by atoms with Gasteiger partial charge < -0.3 is 10.1 Å². The molecule has 29 heavy (non-hydrogen) atoms. The number of Topliss-reactive ketones (excluding diaryl/α,β-unsaturated/α-hetero) is 1. The maximum Gasteiger partial charge on any atom is 0.339 e. The van der Waals surface area contributed by atoms with Crippen molar-refractivity contribution in [3.05, 3.63) is 77.9 Å². The topological polar surface area (TPSA) is 72.5 Å². The highest BCUT2D eigenvalue weighted by Crippen LogP contribution is 2.19. The number of carbonyl (C=O) groups excluding carboxylic acids is 3. The zero-order chi connectivity index (χ0) is 20.8. The molecule has 148 valence electrons. The second kappa shape index (κ2) is 9.15. The van der Waals surface area contributed by atoms with Gasteiger partial charge in [-0.2, -0.15) is 0 Å². The number of amides is 1. The van der Waals surface area contributed by atoms with Gasteiger partial charge in [0.25, 0.3) is 0 Å². The first-order valence-corrected chi connectivity index (χ1v) is 9.52. The lowest BCUT2D eigenvalue weighted by molar-refractivity contribution is -0.116. The van der Waals surface area contributed by atoms with Gasteiger partial charge in [0, 0.05) is 17.7 Å². The minimum Gasteiger partial charge on any atom is -0.454 e. The van der Waals surface area contributed by atoms with E-state index in [0.29, 0.717) is 23.2 Å². The molecule has 0 heterocycles. The first kappa shape index (κ1) is 20.3. The van der Waals surface area contributed by atoms with Crippen molar-refractivity contribution in [2.75, 3.05) is 11.9 Å². The van der Waals surface area contributed by atoms with Gasteiger partial charge in [-0.25, -0.2) is 4.79 Å². The molecule has 0 radical (unpaired) electrons. The summed E-state index contributed by atoms with van der Waals surface area (Å²) in [5.41, 5.74) is 1.47. The molecule has 1 N–H and O–H groups in total. The van der Waals surface area contributed by atoms with E-state index >= 15 is 0 Å². The summed E-state index contributed by atoms with van der Waals surface area (Å²) in [7, 11) is 0. The smallest absolute Gasteiger partial charge is 0.339 e. The molecule has 3 aromatic carbocycles. The Balaban J connectivity index is 1.60. The van der Waals surface area contributed by atoms with Gasteiger partial charge in [0.2, 0.25) is 5.91 Å². The molecular formula is C24H23NO4. The second-order valence-corrected chi connectivity index (χ2v) is 7.25. The van der Waals surface area contributed by atoms with Gasteiger partial charge in [-0.05, 0) is 47.0 Å². The molecule has 1 amide bonds. The summed E-state index contributed by atoms with van der Waals surface area (Å²) in [6, 6.07) is 19.4. The highest BCUT2D eigenvalue weighted by molar-refractivity contribution is 6.06. The van der Waals surface area contributed by atoms with Gasteiger partial charge in [0.15, 0.2) is 12.4 Å². The van der Waals surface area contributed by atoms with E-state index in [2.05, 4.69) is 5.32 Å². The monoisotopic (exact) mass is 389 g/mol. The van der Waals surface area contributed by atoms with Crippen LogP contribution in [0.25, 0.3) is 10.8 Å². The van der Waals surface area contributed by atoms with Gasteiger partial charge in [0.1, 0.15) is 0 Å². The summed E-state index contributed by atoms with van der Waals surface area (Å²) in [5, 5.41) is 4.51. The largest absolute Gasteiger partial charge is 0.454 e. The van der Waals surface area contributed by atoms with Gasteiger partial charge in [-0.15, -0.1) is 0 Å². The second-order valence-electron chi connectivity index (χ2n) is 7.25. The summed E-state index contributed by atoms with van der Waals surface area (Å²) < 4.78 is 5.23. The number of benzene rings is 3. The highest BCUT2D eigenvalue weighted by atomic mass is 16.5. The predicted molar refractivity (Wildman–Crippen MR) is 113 cm³/mol. The summed E-state index contributed by atoms with van der Waals surface area (Å²) in [5.74, 6) is -0.637. The molecule has 0 aliphatic heterocycles. The van der Waals surface area contributed by atoms with Crippen LogP contribution in [0.5, 0.6) is 0 Å². The van der Waals surface area contributed by atoms with E-state index in [0.717, 1.165) is 10.8 Å². The summed E-state index contributed by atoms with van der Waals surface area (Å²) in [4.78, 5) is 36.6. The Morgan fingerprint density at radius 2 is 1.59 bits per heavy atom. The van der Waals surface area contributed by atoms with Gasteiger partial charge in [-0.1, -0.05) is 50.2 Å². The van der Waals surface area contributed by atoms with Crippen LogP contribution in [0, 0.1) is 5.92 Å². The molecule has 5 nitrogen and oxygen atoms in total. The number of ether oxygens (including phenoxy) is 1. The Bertz CT molecular complexity index is 1030. The van der Waals surface area contributed by atoms with Crippen molar-refractivity contribution >= 4 is 34.1 Å². The van der Waals surface area contributed by atoms with Crippen LogP contribution in [0.2, 0.25) is 0 Å². The zero-order valence-electron chi connectivity index (χ0n) is 16.5. The normalized spacial score (nSPS) is 10.7. The zero-order valence-corrected chi connectivity index (χ0v) is 16.5. The fourth-order valence-corrected chi connectivity index (χ4v) is 3.02. The van der Waals surface area contributed by atoms with Crippen LogP contribution >= 0.6 is 0 Å². The number of ketones is 1. The third-order valence-electron chi connectivity index (χ3n) is 4.43. The fourth-order valence-electron chi connectivity index (χ4n) is 3.02. The Kier molecular flexibility index (Phi) is 6.39. The Hall–Kier alpha value is -3.47. The minimum atomic E-state index is -0.535. The molecule has 0 aromatic heterocycles. The van der Waals surface area contributed by atoms with Crippen LogP contribution in [0.4, 0.5) is 5.69 Å². The summed E-state index contributed by atoms with van der Waals surface area (Å²) in [6.45, 7) is 3.60. The summed E-state index contributed by atoms with van der Waals surface area (Å²) in [6.07, 6.45) is 0.435. The molecule has 0 atom stereocenters. The standard InChI is InChI=1S/C24H23NO4/c1-16(2)14-23(27)25-19-12-10-18(11-13-19)22(26)15-29-24(28)21-9-5-7-17-6-3-4-8-20(17)21/h3-13,16H,14-15H2,1-2H3,(H,25,27). The lowest BCUT2D eigenvalue weighted by Gasteiger charge is -2.09. The van der Waals surface area contributed by atoms with Crippen molar-refractivity contribution in [2.24, 2.45) is 5.92 Å². The maximum absolute atomic E-state index is 12.4. The molecule has 3 aromatic rings. The molecule has 0 aliphatic rings. The molecule has 5 heteroatoms. The Morgan fingerprint density at radius 3 is 2.31 bits per heavy atom. The Labute approximate surface area is 169 Å². The third-order valence-corrected chi connectivity index (χ3v) is 4.43. The molecule has 0 bridgehead atoms. The number of esters is 1. The van der Waals surface area contributed by atoms with Crippen LogP contribution in [0.15, 0.2) is 66.7 Å². The molecule has 0 unspecified atom stereocenters. The number of hydrogen-bond acceptors (Lipinski definition) is 4. The van der Waals surface area contributed by atoms with Crippen LogP contribution in [0.1, 0.15) is 41.0 Å². The van der Waals surface area contributed by atoms with Crippen LogP contribution in [-0.4, -0.2) is 24.3 Å². The van der Waals surface area contributed by atoms with Crippen LogP contribution in [-0.2, 0) is 9.53 Å². The SMILES string of the molecule is CC(C)CC(=O)Nc1ccc(C(=O)COC(=O)c2cccc3ccccc23)cc1. The molecule has 0 fully saturated rings. The van der Waals surface area contributed by atoms with Gasteiger partial charge in [-0.3, -0.25) is 9.59 Å². The highest BCUT2D eigenvalue weighted by Gasteiger charge is 2.14. The van der Waals surface area contributed by atoms with Gasteiger partial charge >= 0.3 is 5.97 Å². The van der Waals surface area contributed by atoms with Crippen molar-refractivity contribution in [3.8, 4) is 0 Å². The maximum atomic E-state index is 12.4. The molecule has 3 rings (SSSR count). The minimum absolute atomic E-state index is 0.0666. The Morgan fingerprint density at radius 1 is 0.897 bits per heavy atom.